The van der Waals surface area contributed by atoms with Crippen molar-refractivity contribution in [1.82, 2.24) is 34.6 Å². The molecule has 1 aliphatic carbocycles. The highest BCUT2D eigenvalue weighted by atomic mass is 35.5. The van der Waals surface area contributed by atoms with Gasteiger partial charge in [0.2, 0.25) is 5.91 Å². The first kappa shape index (κ1) is 19.1. The standard InChI is InChI=1S/C20H16ClN9O/c1-20(2)7-13(14-10-23-16-6-11(8-22)28-29(16)17(14)20)19(31)27-12-5-15(21)18(24-9-12)30-25-3-4-26-30/h3-6,9-10,13H,7H2,1-2H3,(H,27,31)/t13-/m1/s1. The van der Waals surface area contributed by atoms with Crippen LogP contribution < -0.4 is 5.32 Å². The maximum Gasteiger partial charge on any atom is 0.232 e. The van der Waals surface area contributed by atoms with Gasteiger partial charge in [0.25, 0.3) is 0 Å². The van der Waals surface area contributed by atoms with Gasteiger partial charge in [0.15, 0.2) is 17.2 Å². The lowest BCUT2D eigenvalue weighted by molar-refractivity contribution is -0.117. The van der Waals surface area contributed by atoms with Crippen LogP contribution in [0.3, 0.4) is 0 Å². The summed E-state index contributed by atoms with van der Waals surface area (Å²) in [5.41, 5.74) is 2.69. The first-order chi connectivity index (χ1) is 14.9. The summed E-state index contributed by atoms with van der Waals surface area (Å²) in [6.07, 6.45) is 6.84. The number of rotatable bonds is 3. The van der Waals surface area contributed by atoms with E-state index in [4.69, 9.17) is 11.6 Å². The third kappa shape index (κ3) is 3.10. The highest BCUT2D eigenvalue weighted by Crippen LogP contribution is 2.45. The highest BCUT2D eigenvalue weighted by Gasteiger charge is 2.43. The summed E-state index contributed by atoms with van der Waals surface area (Å²) in [5, 5.41) is 24.7. The summed E-state index contributed by atoms with van der Waals surface area (Å²) >= 11 is 6.31. The van der Waals surface area contributed by atoms with Gasteiger partial charge in [-0.1, -0.05) is 25.4 Å². The topological polar surface area (TPSA) is 127 Å². The van der Waals surface area contributed by atoms with Gasteiger partial charge in [0, 0.05) is 23.2 Å². The molecule has 5 rings (SSSR count). The van der Waals surface area contributed by atoms with Crippen molar-refractivity contribution in [2.75, 3.05) is 5.32 Å². The molecular weight excluding hydrogens is 418 g/mol. The summed E-state index contributed by atoms with van der Waals surface area (Å²) in [6, 6.07) is 5.28. The maximum atomic E-state index is 13.2. The Labute approximate surface area is 181 Å². The first-order valence-electron chi connectivity index (χ1n) is 9.50. The quantitative estimate of drug-likeness (QED) is 0.526. The first-order valence-corrected chi connectivity index (χ1v) is 9.87. The average Bonchev–Trinajstić information content (AvgIpc) is 3.45. The van der Waals surface area contributed by atoms with E-state index in [1.165, 1.54) is 23.4 Å². The fourth-order valence-corrected chi connectivity index (χ4v) is 4.33. The number of nitrogens with one attached hydrogen (secondary N) is 1. The lowest BCUT2D eigenvalue weighted by Crippen LogP contribution is -2.21. The molecule has 4 heterocycles. The van der Waals surface area contributed by atoms with Crippen LogP contribution in [-0.4, -0.2) is 40.5 Å². The van der Waals surface area contributed by atoms with E-state index >= 15 is 0 Å². The second-order valence-corrected chi connectivity index (χ2v) is 8.36. The van der Waals surface area contributed by atoms with Crippen molar-refractivity contribution in [3.8, 4) is 11.9 Å². The maximum absolute atomic E-state index is 13.2. The van der Waals surface area contributed by atoms with Crippen molar-refractivity contribution >= 4 is 28.8 Å². The molecule has 1 atom stereocenters. The van der Waals surface area contributed by atoms with Gasteiger partial charge in [-0.05, 0) is 12.5 Å². The van der Waals surface area contributed by atoms with Crippen molar-refractivity contribution < 1.29 is 4.79 Å². The van der Waals surface area contributed by atoms with Crippen LogP contribution in [0.5, 0.6) is 0 Å². The Kier molecular flexibility index (Phi) is 4.23. The molecule has 4 aromatic rings. The molecule has 0 aliphatic heterocycles. The smallest absolute Gasteiger partial charge is 0.232 e. The van der Waals surface area contributed by atoms with E-state index in [9.17, 15) is 10.1 Å². The average molecular weight is 434 g/mol. The van der Waals surface area contributed by atoms with Crippen LogP contribution in [0, 0.1) is 11.3 Å². The zero-order valence-corrected chi connectivity index (χ0v) is 17.4. The number of aromatic nitrogens is 7. The van der Waals surface area contributed by atoms with Crippen LogP contribution in [-0.2, 0) is 10.2 Å². The lowest BCUT2D eigenvalue weighted by Gasteiger charge is -2.19. The Morgan fingerprint density at radius 3 is 2.74 bits per heavy atom. The van der Waals surface area contributed by atoms with Gasteiger partial charge in [-0.3, -0.25) is 4.79 Å². The minimum atomic E-state index is -0.428. The van der Waals surface area contributed by atoms with Crippen LogP contribution >= 0.6 is 11.6 Å². The third-order valence-electron chi connectivity index (χ3n) is 5.37. The zero-order chi connectivity index (χ0) is 21.8. The number of hydrogen-bond acceptors (Lipinski definition) is 7. The summed E-state index contributed by atoms with van der Waals surface area (Å²) in [6.45, 7) is 4.10. The van der Waals surface area contributed by atoms with Gasteiger partial charge >= 0.3 is 0 Å². The van der Waals surface area contributed by atoms with Crippen molar-refractivity contribution in [3.63, 3.8) is 0 Å². The highest BCUT2D eigenvalue weighted by molar-refractivity contribution is 6.32. The summed E-state index contributed by atoms with van der Waals surface area (Å²) in [7, 11) is 0. The van der Waals surface area contributed by atoms with E-state index in [-0.39, 0.29) is 17.0 Å². The Morgan fingerprint density at radius 2 is 2.03 bits per heavy atom. The molecule has 0 unspecified atom stereocenters. The van der Waals surface area contributed by atoms with Gasteiger partial charge in [0.05, 0.1) is 40.9 Å². The molecule has 1 aliphatic rings. The van der Waals surface area contributed by atoms with E-state index in [0.717, 1.165) is 11.3 Å². The van der Waals surface area contributed by atoms with Gasteiger partial charge < -0.3 is 5.32 Å². The molecule has 154 valence electrons. The predicted octanol–water partition coefficient (Wildman–Crippen LogP) is 2.63. The van der Waals surface area contributed by atoms with Gasteiger partial charge in [-0.2, -0.15) is 20.6 Å². The van der Waals surface area contributed by atoms with E-state index in [0.29, 0.717) is 28.6 Å². The molecule has 0 radical (unpaired) electrons. The fraction of sp³-hybridized carbons (Fsp3) is 0.250. The van der Waals surface area contributed by atoms with Gasteiger partial charge in [0.1, 0.15) is 6.07 Å². The molecule has 0 fully saturated rings. The number of nitriles is 1. The second kappa shape index (κ2) is 6.85. The Morgan fingerprint density at radius 1 is 1.26 bits per heavy atom. The molecule has 31 heavy (non-hydrogen) atoms. The number of carbonyl (C=O) groups is 1. The number of carbonyl (C=O) groups excluding carboxylic acids is 1. The van der Waals surface area contributed by atoms with Crippen LogP contribution in [0.25, 0.3) is 11.5 Å². The minimum Gasteiger partial charge on any atom is -0.324 e. The Bertz CT molecular complexity index is 1370. The second-order valence-electron chi connectivity index (χ2n) is 7.95. The van der Waals surface area contributed by atoms with E-state index in [1.54, 1.807) is 22.8 Å². The van der Waals surface area contributed by atoms with Crippen LogP contribution in [0.2, 0.25) is 5.02 Å². The van der Waals surface area contributed by atoms with E-state index in [2.05, 4.69) is 44.4 Å². The molecule has 0 saturated carbocycles. The summed E-state index contributed by atoms with van der Waals surface area (Å²) in [5.74, 6) is -0.248. The van der Waals surface area contributed by atoms with Crippen LogP contribution in [0.15, 0.2) is 36.9 Å². The van der Waals surface area contributed by atoms with Crippen molar-refractivity contribution in [2.45, 2.75) is 31.6 Å². The molecule has 0 saturated heterocycles. The predicted molar refractivity (Wildman–Crippen MR) is 111 cm³/mol. The van der Waals surface area contributed by atoms with Crippen molar-refractivity contribution in [1.29, 1.82) is 5.26 Å². The molecule has 0 spiro atoms. The van der Waals surface area contributed by atoms with Crippen LogP contribution in [0.4, 0.5) is 5.69 Å². The minimum absolute atomic E-state index is 0.191. The summed E-state index contributed by atoms with van der Waals surface area (Å²) in [4.78, 5) is 23.1. The molecule has 11 heteroatoms. The molecule has 0 aromatic carbocycles. The number of anilines is 1. The SMILES string of the molecule is CC1(C)C[C@@H](C(=O)Nc2cnc(-n3nccn3)c(Cl)c2)c2cnc3cc(C#N)nn3c21. The summed E-state index contributed by atoms with van der Waals surface area (Å²) < 4.78 is 1.67. The normalized spacial score (nSPS) is 16.8. The van der Waals surface area contributed by atoms with Gasteiger partial charge in [-0.25, -0.2) is 14.5 Å². The molecule has 0 bridgehead atoms. The van der Waals surface area contributed by atoms with E-state index in [1.807, 2.05) is 6.07 Å². The number of pyridine rings is 1. The lowest BCUT2D eigenvalue weighted by atomic mass is 9.88. The molecular formula is C20H16ClN9O. The molecule has 10 nitrogen and oxygen atoms in total. The Hall–Kier alpha value is -3.84. The molecule has 4 aromatic heterocycles. The van der Waals surface area contributed by atoms with Crippen LogP contribution in [0.1, 0.15) is 43.1 Å². The number of amides is 1. The number of halogens is 1. The fourth-order valence-electron chi connectivity index (χ4n) is 4.09. The number of hydrogen-bond donors (Lipinski definition) is 1. The van der Waals surface area contributed by atoms with Crippen molar-refractivity contribution in [2.24, 2.45) is 0 Å². The monoisotopic (exact) mass is 433 g/mol. The molecule has 1 amide bonds. The van der Waals surface area contributed by atoms with Crippen molar-refractivity contribution in [3.05, 3.63) is 58.9 Å². The number of nitrogens with zero attached hydrogens (tertiary/aromatic N) is 8. The van der Waals surface area contributed by atoms with Gasteiger partial charge in [-0.15, -0.1) is 4.80 Å². The molecule has 1 N–H and O–H groups in total. The largest absolute Gasteiger partial charge is 0.324 e. The third-order valence-corrected chi connectivity index (χ3v) is 5.65. The zero-order valence-electron chi connectivity index (χ0n) is 16.6. The Balaban J connectivity index is 1.46. The van der Waals surface area contributed by atoms with E-state index < -0.39 is 5.92 Å². The number of fused-ring (bicyclic) bond motifs is 3.